The predicted molar refractivity (Wildman–Crippen MR) is 58.4 cm³/mol. The van der Waals surface area contributed by atoms with Crippen molar-refractivity contribution < 1.29 is 24.1 Å². The number of hydrogen-bond acceptors (Lipinski definition) is 5. The Hall–Kier alpha value is -1.95. The number of hydrogen-bond donors (Lipinski definition) is 2. The number of benzene rings is 1. The molecular weight excluding hydrogens is 226 g/mol. The molecule has 6 nitrogen and oxygen atoms in total. The molecule has 0 saturated carbocycles. The first kappa shape index (κ1) is 11.5. The lowest BCUT2D eigenvalue weighted by atomic mass is 10.0. The van der Waals surface area contributed by atoms with Gasteiger partial charge in [0.05, 0.1) is 7.11 Å². The highest BCUT2D eigenvalue weighted by Crippen LogP contribution is 2.41. The molecule has 0 amide bonds. The molecule has 0 saturated heterocycles. The SMILES string of the molecule is COc1ccc2c(c1CC(N)C(=O)O)OCO2. The summed E-state index contributed by atoms with van der Waals surface area (Å²) >= 11 is 0. The van der Waals surface area contributed by atoms with E-state index in [9.17, 15) is 4.79 Å². The van der Waals surface area contributed by atoms with E-state index in [0.717, 1.165) is 0 Å². The summed E-state index contributed by atoms with van der Waals surface area (Å²) in [5, 5.41) is 8.82. The first-order chi connectivity index (χ1) is 8.13. The van der Waals surface area contributed by atoms with Crippen LogP contribution in [0.25, 0.3) is 0 Å². The fourth-order valence-corrected chi connectivity index (χ4v) is 1.70. The van der Waals surface area contributed by atoms with Gasteiger partial charge >= 0.3 is 5.97 Å². The molecule has 0 aliphatic carbocycles. The maximum absolute atomic E-state index is 10.8. The average Bonchev–Trinajstić information content (AvgIpc) is 2.77. The number of methoxy groups -OCH3 is 1. The van der Waals surface area contributed by atoms with Gasteiger partial charge in [-0.15, -0.1) is 0 Å². The van der Waals surface area contributed by atoms with Crippen molar-refractivity contribution in [1.29, 1.82) is 0 Å². The van der Waals surface area contributed by atoms with Gasteiger partial charge in [-0.05, 0) is 12.1 Å². The molecule has 6 heteroatoms. The van der Waals surface area contributed by atoms with E-state index in [-0.39, 0.29) is 13.2 Å². The zero-order valence-corrected chi connectivity index (χ0v) is 9.30. The van der Waals surface area contributed by atoms with Gasteiger partial charge in [0.15, 0.2) is 11.5 Å². The first-order valence-corrected chi connectivity index (χ1v) is 5.07. The number of fused-ring (bicyclic) bond motifs is 1. The molecule has 1 unspecified atom stereocenters. The Morgan fingerprint density at radius 2 is 2.35 bits per heavy atom. The second-order valence-corrected chi connectivity index (χ2v) is 3.63. The topological polar surface area (TPSA) is 91.0 Å². The lowest BCUT2D eigenvalue weighted by molar-refractivity contribution is -0.138. The first-order valence-electron chi connectivity index (χ1n) is 5.07. The van der Waals surface area contributed by atoms with Crippen LogP contribution in [0, 0.1) is 0 Å². The molecule has 1 heterocycles. The van der Waals surface area contributed by atoms with Crippen molar-refractivity contribution in [1.82, 2.24) is 0 Å². The van der Waals surface area contributed by atoms with Crippen molar-refractivity contribution in [2.24, 2.45) is 5.73 Å². The summed E-state index contributed by atoms with van der Waals surface area (Å²) in [6.45, 7) is 0.123. The molecule has 3 N–H and O–H groups in total. The summed E-state index contributed by atoms with van der Waals surface area (Å²) in [5.41, 5.74) is 6.14. The third kappa shape index (κ3) is 2.12. The number of nitrogens with two attached hydrogens (primary N) is 1. The van der Waals surface area contributed by atoms with E-state index in [1.807, 2.05) is 0 Å². The highest BCUT2D eigenvalue weighted by molar-refractivity contribution is 5.74. The van der Waals surface area contributed by atoms with Gasteiger partial charge in [0.25, 0.3) is 0 Å². The minimum atomic E-state index is -1.07. The third-order valence-electron chi connectivity index (χ3n) is 2.56. The smallest absolute Gasteiger partial charge is 0.320 e. The van der Waals surface area contributed by atoms with Gasteiger partial charge < -0.3 is 25.1 Å². The van der Waals surface area contributed by atoms with Gasteiger partial charge in [-0.1, -0.05) is 0 Å². The Morgan fingerprint density at radius 1 is 1.59 bits per heavy atom. The lowest BCUT2D eigenvalue weighted by Gasteiger charge is -2.13. The Balaban J connectivity index is 2.36. The lowest BCUT2D eigenvalue weighted by Crippen LogP contribution is -2.32. The van der Waals surface area contributed by atoms with Gasteiger partial charge in [-0.25, -0.2) is 0 Å². The van der Waals surface area contributed by atoms with Crippen LogP contribution in [-0.2, 0) is 11.2 Å². The van der Waals surface area contributed by atoms with Gasteiger partial charge in [0, 0.05) is 12.0 Å². The zero-order chi connectivity index (χ0) is 12.4. The molecule has 0 fully saturated rings. The average molecular weight is 239 g/mol. The molecule has 0 spiro atoms. The van der Waals surface area contributed by atoms with Crippen LogP contribution >= 0.6 is 0 Å². The van der Waals surface area contributed by atoms with E-state index < -0.39 is 12.0 Å². The summed E-state index contributed by atoms with van der Waals surface area (Å²) in [4.78, 5) is 10.8. The molecule has 0 radical (unpaired) electrons. The monoisotopic (exact) mass is 239 g/mol. The molecule has 1 aromatic rings. The number of carbonyl (C=O) groups is 1. The molecular formula is C11H13NO5. The molecule has 1 aliphatic heterocycles. The molecule has 0 bridgehead atoms. The summed E-state index contributed by atoms with van der Waals surface area (Å²) in [7, 11) is 1.51. The van der Waals surface area contributed by atoms with Crippen LogP contribution in [0.4, 0.5) is 0 Å². The van der Waals surface area contributed by atoms with Crippen molar-refractivity contribution in [3.63, 3.8) is 0 Å². The summed E-state index contributed by atoms with van der Waals surface area (Å²) in [5.74, 6) is 0.578. The largest absolute Gasteiger partial charge is 0.496 e. The van der Waals surface area contributed by atoms with Crippen LogP contribution in [0.3, 0.4) is 0 Å². The molecule has 0 aromatic heterocycles. The number of ether oxygens (including phenoxy) is 3. The minimum Gasteiger partial charge on any atom is -0.496 e. The fraction of sp³-hybridized carbons (Fsp3) is 0.364. The number of aliphatic carboxylic acids is 1. The standard InChI is InChI=1S/C11H13NO5/c1-15-8-2-3-9-10(17-5-16-9)6(8)4-7(12)11(13)14/h2-3,7H,4-5,12H2,1H3,(H,13,14). The van der Waals surface area contributed by atoms with Gasteiger partial charge in [-0.2, -0.15) is 0 Å². The minimum absolute atomic E-state index is 0.123. The van der Waals surface area contributed by atoms with E-state index in [0.29, 0.717) is 22.8 Å². The van der Waals surface area contributed by atoms with Crippen molar-refractivity contribution in [2.75, 3.05) is 13.9 Å². The normalized spacial score (nSPS) is 14.5. The molecule has 2 rings (SSSR count). The maximum atomic E-state index is 10.8. The number of carboxylic acid groups (broad SMARTS) is 1. The second kappa shape index (κ2) is 4.50. The van der Waals surface area contributed by atoms with Crippen molar-refractivity contribution in [3.05, 3.63) is 17.7 Å². The van der Waals surface area contributed by atoms with Crippen molar-refractivity contribution in [3.8, 4) is 17.2 Å². The Morgan fingerprint density at radius 3 is 3.00 bits per heavy atom. The van der Waals surface area contributed by atoms with E-state index in [4.69, 9.17) is 25.1 Å². The van der Waals surface area contributed by atoms with Crippen molar-refractivity contribution in [2.45, 2.75) is 12.5 Å². The van der Waals surface area contributed by atoms with Gasteiger partial charge in [0.2, 0.25) is 6.79 Å². The van der Waals surface area contributed by atoms with Crippen LogP contribution in [0.15, 0.2) is 12.1 Å². The zero-order valence-electron chi connectivity index (χ0n) is 9.30. The Bertz CT molecular complexity index is 446. The fourth-order valence-electron chi connectivity index (χ4n) is 1.70. The predicted octanol–water partition coefficient (Wildman–Crippen LogP) is 0.378. The molecule has 1 aromatic carbocycles. The van der Waals surface area contributed by atoms with Gasteiger partial charge in [0.1, 0.15) is 11.8 Å². The quantitative estimate of drug-likeness (QED) is 0.789. The van der Waals surface area contributed by atoms with E-state index in [2.05, 4.69) is 0 Å². The van der Waals surface area contributed by atoms with E-state index in [1.54, 1.807) is 12.1 Å². The van der Waals surface area contributed by atoms with Crippen LogP contribution in [0.2, 0.25) is 0 Å². The van der Waals surface area contributed by atoms with E-state index in [1.165, 1.54) is 7.11 Å². The second-order valence-electron chi connectivity index (χ2n) is 3.63. The van der Waals surface area contributed by atoms with Crippen LogP contribution in [-0.4, -0.2) is 31.0 Å². The third-order valence-corrected chi connectivity index (χ3v) is 2.56. The molecule has 17 heavy (non-hydrogen) atoms. The van der Waals surface area contributed by atoms with Crippen LogP contribution < -0.4 is 19.9 Å². The maximum Gasteiger partial charge on any atom is 0.320 e. The van der Waals surface area contributed by atoms with Gasteiger partial charge in [-0.3, -0.25) is 4.79 Å². The summed E-state index contributed by atoms with van der Waals surface area (Å²) in [6, 6.07) is 2.42. The molecule has 1 atom stereocenters. The summed E-state index contributed by atoms with van der Waals surface area (Å²) < 4.78 is 15.7. The molecule has 1 aliphatic rings. The highest BCUT2D eigenvalue weighted by atomic mass is 16.7. The summed E-state index contributed by atoms with van der Waals surface area (Å²) in [6.07, 6.45) is 0.130. The van der Waals surface area contributed by atoms with E-state index >= 15 is 0 Å². The number of rotatable bonds is 4. The van der Waals surface area contributed by atoms with Crippen LogP contribution in [0.1, 0.15) is 5.56 Å². The molecule has 92 valence electrons. The highest BCUT2D eigenvalue weighted by Gasteiger charge is 2.24. The Labute approximate surface area is 97.9 Å². The van der Waals surface area contributed by atoms with Crippen molar-refractivity contribution >= 4 is 5.97 Å². The Kier molecular flexibility index (Phi) is 3.06. The van der Waals surface area contributed by atoms with Crippen LogP contribution in [0.5, 0.6) is 17.2 Å². The number of carboxylic acids is 1.